The molecule has 4 rings (SSSR count). The summed E-state index contributed by atoms with van der Waals surface area (Å²) in [5.74, 6) is -0.328. The number of nitrogens with zero attached hydrogens (tertiary/aromatic N) is 2. The number of fused-ring (bicyclic) bond motifs is 1. The molecule has 174 valence electrons. The first-order valence-corrected chi connectivity index (χ1v) is 11.4. The number of H-pyrrole nitrogens is 1. The SMILES string of the molecule is CN(C)Cc1ccc(N=C(c2cccc(CCC(N)=O)c2)c2c(O)[nH]c3cc(Cl)ccc23)cc1. The van der Waals surface area contributed by atoms with Crippen LogP contribution in [0.2, 0.25) is 5.02 Å². The highest BCUT2D eigenvalue weighted by Gasteiger charge is 2.19. The largest absolute Gasteiger partial charge is 0.494 e. The summed E-state index contributed by atoms with van der Waals surface area (Å²) in [6.45, 7) is 0.836. The molecule has 0 aliphatic rings. The third-order valence-corrected chi connectivity index (χ3v) is 5.75. The van der Waals surface area contributed by atoms with E-state index in [1.807, 2.05) is 56.6 Å². The molecule has 0 unspecified atom stereocenters. The van der Waals surface area contributed by atoms with Crippen molar-refractivity contribution in [3.63, 3.8) is 0 Å². The number of nitrogens with one attached hydrogen (secondary N) is 1. The van der Waals surface area contributed by atoms with Crippen molar-refractivity contribution in [3.05, 3.63) is 94.0 Å². The maximum absolute atomic E-state index is 11.3. The van der Waals surface area contributed by atoms with Crippen LogP contribution >= 0.6 is 11.6 Å². The maximum atomic E-state index is 11.3. The van der Waals surface area contributed by atoms with E-state index in [-0.39, 0.29) is 18.2 Å². The van der Waals surface area contributed by atoms with E-state index in [1.165, 1.54) is 5.56 Å². The van der Waals surface area contributed by atoms with Gasteiger partial charge in [-0.15, -0.1) is 0 Å². The molecule has 0 fully saturated rings. The van der Waals surface area contributed by atoms with Crippen molar-refractivity contribution in [1.29, 1.82) is 0 Å². The Hall–Kier alpha value is -3.61. The lowest BCUT2D eigenvalue weighted by molar-refractivity contribution is -0.117. The summed E-state index contributed by atoms with van der Waals surface area (Å²) in [6, 6.07) is 21.3. The highest BCUT2D eigenvalue weighted by atomic mass is 35.5. The van der Waals surface area contributed by atoms with E-state index < -0.39 is 0 Å². The summed E-state index contributed by atoms with van der Waals surface area (Å²) in [7, 11) is 4.06. The summed E-state index contributed by atoms with van der Waals surface area (Å²) in [4.78, 5) is 21.4. The Morgan fingerprint density at radius 1 is 1.06 bits per heavy atom. The van der Waals surface area contributed by atoms with Crippen LogP contribution in [0.4, 0.5) is 5.69 Å². The van der Waals surface area contributed by atoms with E-state index in [1.54, 1.807) is 12.1 Å². The van der Waals surface area contributed by atoms with Gasteiger partial charge in [-0.2, -0.15) is 0 Å². The van der Waals surface area contributed by atoms with Crippen LogP contribution in [-0.2, 0) is 17.8 Å². The van der Waals surface area contributed by atoms with Crippen LogP contribution in [0, 0.1) is 0 Å². The zero-order valence-electron chi connectivity index (χ0n) is 19.2. The Kier molecular flexibility index (Phi) is 7.01. The number of aromatic hydroxyl groups is 1. The van der Waals surface area contributed by atoms with Gasteiger partial charge in [0.15, 0.2) is 5.88 Å². The van der Waals surface area contributed by atoms with E-state index in [0.29, 0.717) is 22.7 Å². The van der Waals surface area contributed by atoms with Crippen LogP contribution in [0.5, 0.6) is 5.88 Å². The molecule has 1 heterocycles. The summed E-state index contributed by atoms with van der Waals surface area (Å²) < 4.78 is 0. The Morgan fingerprint density at radius 3 is 2.53 bits per heavy atom. The lowest BCUT2D eigenvalue weighted by Crippen LogP contribution is -2.11. The first-order chi connectivity index (χ1) is 16.3. The molecule has 1 aromatic heterocycles. The fourth-order valence-electron chi connectivity index (χ4n) is 3.97. The van der Waals surface area contributed by atoms with E-state index in [4.69, 9.17) is 22.3 Å². The number of carbonyl (C=O) groups is 1. The molecule has 1 amide bonds. The second-order valence-corrected chi connectivity index (χ2v) is 9.01. The lowest BCUT2D eigenvalue weighted by atomic mass is 9.97. The van der Waals surface area contributed by atoms with Crippen molar-refractivity contribution in [1.82, 2.24) is 9.88 Å². The molecule has 7 heteroatoms. The number of halogens is 1. The van der Waals surface area contributed by atoms with Gasteiger partial charge in [0.2, 0.25) is 5.91 Å². The van der Waals surface area contributed by atoms with Gasteiger partial charge >= 0.3 is 0 Å². The van der Waals surface area contributed by atoms with Gasteiger partial charge in [-0.1, -0.05) is 48.0 Å². The number of hydrogen-bond donors (Lipinski definition) is 3. The van der Waals surface area contributed by atoms with Crippen molar-refractivity contribution < 1.29 is 9.90 Å². The second-order valence-electron chi connectivity index (χ2n) is 8.57. The van der Waals surface area contributed by atoms with Crippen LogP contribution in [0.3, 0.4) is 0 Å². The molecule has 0 aliphatic heterocycles. The number of nitrogens with two attached hydrogens (primary N) is 1. The molecule has 6 nitrogen and oxygen atoms in total. The molecule has 0 bridgehead atoms. The van der Waals surface area contributed by atoms with E-state index in [9.17, 15) is 9.90 Å². The third-order valence-electron chi connectivity index (χ3n) is 5.51. The van der Waals surface area contributed by atoms with Crippen molar-refractivity contribution >= 4 is 39.8 Å². The number of aromatic nitrogens is 1. The number of benzene rings is 3. The molecular formula is C27H27ClN4O2. The van der Waals surface area contributed by atoms with E-state index in [2.05, 4.69) is 22.0 Å². The number of carbonyl (C=O) groups excluding carboxylic acids is 1. The lowest BCUT2D eigenvalue weighted by Gasteiger charge is -2.11. The fourth-order valence-corrected chi connectivity index (χ4v) is 4.14. The van der Waals surface area contributed by atoms with Crippen molar-refractivity contribution in [2.24, 2.45) is 10.7 Å². The van der Waals surface area contributed by atoms with Crippen LogP contribution in [-0.4, -0.2) is 40.7 Å². The van der Waals surface area contributed by atoms with Crippen LogP contribution in [0.1, 0.15) is 28.7 Å². The molecule has 0 atom stereocenters. The predicted octanol–water partition coefficient (Wildman–Crippen LogP) is 5.18. The summed E-state index contributed by atoms with van der Waals surface area (Å²) >= 11 is 6.17. The van der Waals surface area contributed by atoms with E-state index in [0.717, 1.165) is 34.3 Å². The number of amides is 1. The number of aryl methyl sites for hydroxylation is 1. The molecular weight excluding hydrogens is 448 g/mol. The number of primary amides is 1. The second kappa shape index (κ2) is 10.1. The predicted molar refractivity (Wildman–Crippen MR) is 138 cm³/mol. The van der Waals surface area contributed by atoms with Gasteiger partial charge in [-0.3, -0.25) is 4.79 Å². The summed E-state index contributed by atoms with van der Waals surface area (Å²) in [6.07, 6.45) is 0.797. The molecule has 4 N–H and O–H groups in total. The Labute approximate surface area is 203 Å². The van der Waals surface area contributed by atoms with Crippen molar-refractivity contribution in [3.8, 4) is 5.88 Å². The van der Waals surface area contributed by atoms with Gasteiger partial charge < -0.3 is 20.7 Å². The number of hydrogen-bond acceptors (Lipinski definition) is 4. The average Bonchev–Trinajstić information content (AvgIpc) is 3.11. The zero-order valence-corrected chi connectivity index (χ0v) is 19.9. The van der Waals surface area contributed by atoms with E-state index >= 15 is 0 Å². The minimum atomic E-state index is -0.344. The highest BCUT2D eigenvalue weighted by molar-refractivity contribution is 6.31. The molecule has 34 heavy (non-hydrogen) atoms. The van der Waals surface area contributed by atoms with Crippen LogP contribution < -0.4 is 5.73 Å². The van der Waals surface area contributed by atoms with Gasteiger partial charge in [0.25, 0.3) is 0 Å². The Balaban J connectivity index is 1.84. The molecule has 0 saturated carbocycles. The normalized spacial score (nSPS) is 11.9. The fraction of sp³-hybridized carbons (Fsp3) is 0.185. The Bertz CT molecular complexity index is 1360. The number of aromatic amines is 1. The first-order valence-electron chi connectivity index (χ1n) is 11.0. The zero-order chi connectivity index (χ0) is 24.2. The smallest absolute Gasteiger partial charge is 0.217 e. The molecule has 0 radical (unpaired) electrons. The topological polar surface area (TPSA) is 94.7 Å². The van der Waals surface area contributed by atoms with Gasteiger partial charge in [0.05, 0.1) is 22.5 Å². The van der Waals surface area contributed by atoms with Crippen molar-refractivity contribution in [2.45, 2.75) is 19.4 Å². The van der Waals surface area contributed by atoms with Crippen LogP contribution in [0.25, 0.3) is 10.9 Å². The first kappa shape index (κ1) is 23.5. The highest BCUT2D eigenvalue weighted by Crippen LogP contribution is 2.33. The number of rotatable bonds is 8. The van der Waals surface area contributed by atoms with Crippen LogP contribution in [0.15, 0.2) is 71.7 Å². The standard InChI is InChI=1S/C27H27ClN4O2/c1-32(2)16-18-6-10-21(11-7-18)30-26(19-5-3-4-17(14-19)8-13-24(29)33)25-22-12-9-20(28)15-23(22)31-27(25)34/h3-7,9-12,14-15,31,34H,8,13,16H2,1-2H3,(H2,29,33). The molecule has 4 aromatic rings. The van der Waals surface area contributed by atoms with Gasteiger partial charge in [0, 0.05) is 28.9 Å². The van der Waals surface area contributed by atoms with Gasteiger partial charge in [-0.25, -0.2) is 4.99 Å². The summed E-state index contributed by atoms with van der Waals surface area (Å²) in [5, 5.41) is 12.3. The minimum Gasteiger partial charge on any atom is -0.494 e. The monoisotopic (exact) mass is 474 g/mol. The average molecular weight is 475 g/mol. The molecule has 0 saturated heterocycles. The summed E-state index contributed by atoms with van der Waals surface area (Å²) in [5.41, 5.74) is 11.0. The third kappa shape index (κ3) is 5.47. The quantitative estimate of drug-likeness (QED) is 0.307. The van der Waals surface area contributed by atoms with Gasteiger partial charge in [-0.05, 0) is 62.0 Å². The Morgan fingerprint density at radius 2 is 1.82 bits per heavy atom. The van der Waals surface area contributed by atoms with Crippen molar-refractivity contribution in [2.75, 3.05) is 14.1 Å². The molecule has 3 aromatic carbocycles. The maximum Gasteiger partial charge on any atom is 0.217 e. The number of aliphatic imine (C=N–C) groups is 1. The van der Waals surface area contributed by atoms with Gasteiger partial charge in [0.1, 0.15) is 0 Å². The minimum absolute atomic E-state index is 0.0165. The molecule has 0 aliphatic carbocycles. The molecule has 0 spiro atoms.